The maximum Gasteiger partial charge on any atom is 0.331 e. The van der Waals surface area contributed by atoms with Gasteiger partial charge in [0.25, 0.3) is 5.69 Å². The maximum atomic E-state index is 11.9. The number of hydrogen-bond acceptors (Lipinski definition) is 5. The third-order valence-electron chi connectivity index (χ3n) is 3.65. The van der Waals surface area contributed by atoms with E-state index in [2.05, 4.69) is 4.98 Å². The highest BCUT2D eigenvalue weighted by atomic mass is 16.6. The Balaban J connectivity index is 2.06. The van der Waals surface area contributed by atoms with Crippen molar-refractivity contribution in [3.05, 3.63) is 63.7 Å². The molecule has 2 aromatic rings. The lowest BCUT2D eigenvalue weighted by molar-refractivity contribution is -0.385. The molecule has 7 heteroatoms. The van der Waals surface area contributed by atoms with E-state index in [-0.39, 0.29) is 5.69 Å². The minimum Gasteiger partial charge on any atom is -0.455 e. The summed E-state index contributed by atoms with van der Waals surface area (Å²) in [5, 5.41) is 11.0. The normalized spacial score (nSPS) is 12.3. The summed E-state index contributed by atoms with van der Waals surface area (Å²) in [7, 11) is 0. The van der Waals surface area contributed by atoms with Crippen LogP contribution in [0, 0.1) is 17.0 Å². The lowest BCUT2D eigenvalue weighted by atomic mass is 10.1. The van der Waals surface area contributed by atoms with Gasteiger partial charge in [-0.05, 0) is 32.4 Å². The summed E-state index contributed by atoms with van der Waals surface area (Å²) in [6, 6.07) is 4.79. The molecule has 0 aliphatic rings. The molecule has 1 atom stereocenters. The molecule has 0 bridgehead atoms. The van der Waals surface area contributed by atoms with Crippen LogP contribution in [0.4, 0.5) is 5.69 Å². The van der Waals surface area contributed by atoms with Crippen LogP contribution in [0.25, 0.3) is 6.08 Å². The van der Waals surface area contributed by atoms with Crippen LogP contribution in [0.5, 0.6) is 0 Å². The minimum atomic E-state index is -0.590. The van der Waals surface area contributed by atoms with Crippen molar-refractivity contribution in [2.75, 3.05) is 0 Å². The van der Waals surface area contributed by atoms with Gasteiger partial charge in [-0.15, -0.1) is 0 Å². The number of esters is 1. The molecule has 0 aliphatic carbocycles. The third-order valence-corrected chi connectivity index (χ3v) is 3.65. The van der Waals surface area contributed by atoms with Crippen LogP contribution in [0.1, 0.15) is 36.9 Å². The van der Waals surface area contributed by atoms with Crippen LogP contribution < -0.4 is 0 Å². The number of benzene rings is 1. The molecule has 1 heterocycles. The molecule has 1 unspecified atom stereocenters. The van der Waals surface area contributed by atoms with Gasteiger partial charge in [-0.1, -0.05) is 12.1 Å². The van der Waals surface area contributed by atoms with Crippen LogP contribution in [0.15, 0.2) is 36.7 Å². The Morgan fingerprint density at radius 2 is 2.25 bits per heavy atom. The molecular weight excluding hydrogens is 310 g/mol. The monoisotopic (exact) mass is 329 g/mol. The zero-order valence-corrected chi connectivity index (χ0v) is 13.8. The van der Waals surface area contributed by atoms with Gasteiger partial charge < -0.3 is 9.30 Å². The van der Waals surface area contributed by atoms with Crippen LogP contribution >= 0.6 is 0 Å². The van der Waals surface area contributed by atoms with E-state index in [0.29, 0.717) is 17.0 Å². The third kappa shape index (κ3) is 4.07. The van der Waals surface area contributed by atoms with Crippen molar-refractivity contribution >= 4 is 17.7 Å². The molecule has 0 aliphatic heterocycles. The van der Waals surface area contributed by atoms with E-state index in [1.807, 2.05) is 17.7 Å². The first-order valence-electron chi connectivity index (χ1n) is 7.57. The number of aromatic nitrogens is 2. The predicted molar refractivity (Wildman–Crippen MR) is 89.3 cm³/mol. The van der Waals surface area contributed by atoms with Gasteiger partial charge in [0.05, 0.1) is 4.92 Å². The van der Waals surface area contributed by atoms with Gasteiger partial charge in [-0.2, -0.15) is 0 Å². The number of nitro benzene ring substituents is 1. The lowest BCUT2D eigenvalue weighted by Crippen LogP contribution is -2.07. The van der Waals surface area contributed by atoms with Crippen molar-refractivity contribution in [1.29, 1.82) is 0 Å². The Kier molecular flexibility index (Phi) is 5.47. The number of nitrogens with zero attached hydrogens (tertiary/aromatic N) is 3. The SMILES string of the molecule is CCn1ccnc1/C=C/C(=O)OC(C)c1ccc(C)c([N+](=O)[O-])c1. The number of aryl methyl sites for hydroxylation is 2. The van der Waals surface area contributed by atoms with E-state index in [4.69, 9.17) is 4.74 Å². The van der Waals surface area contributed by atoms with Gasteiger partial charge in [0, 0.05) is 36.6 Å². The van der Waals surface area contributed by atoms with Crippen molar-refractivity contribution < 1.29 is 14.5 Å². The topological polar surface area (TPSA) is 87.3 Å². The molecule has 126 valence electrons. The van der Waals surface area contributed by atoms with Crippen LogP contribution in [-0.4, -0.2) is 20.4 Å². The smallest absolute Gasteiger partial charge is 0.331 e. The molecule has 7 nitrogen and oxygen atoms in total. The summed E-state index contributed by atoms with van der Waals surface area (Å²) < 4.78 is 7.18. The highest BCUT2D eigenvalue weighted by Crippen LogP contribution is 2.25. The molecule has 0 fully saturated rings. The summed E-state index contributed by atoms with van der Waals surface area (Å²) in [5.41, 5.74) is 1.15. The molecule has 0 saturated heterocycles. The average molecular weight is 329 g/mol. The molecule has 1 aromatic carbocycles. The minimum absolute atomic E-state index is 0.0101. The quantitative estimate of drug-likeness (QED) is 0.351. The number of carbonyl (C=O) groups excluding carboxylic acids is 1. The molecule has 0 N–H and O–H groups in total. The lowest BCUT2D eigenvalue weighted by Gasteiger charge is -2.12. The van der Waals surface area contributed by atoms with Crippen LogP contribution in [0.2, 0.25) is 0 Å². The summed E-state index contributed by atoms with van der Waals surface area (Å²) >= 11 is 0. The summed E-state index contributed by atoms with van der Waals surface area (Å²) in [5.74, 6) is 0.129. The van der Waals surface area contributed by atoms with Crippen LogP contribution in [-0.2, 0) is 16.1 Å². The number of hydrogen-bond donors (Lipinski definition) is 0. The summed E-state index contributed by atoms with van der Waals surface area (Å²) in [4.78, 5) is 26.6. The van der Waals surface area contributed by atoms with Gasteiger partial charge in [0.2, 0.25) is 0 Å². The van der Waals surface area contributed by atoms with Crippen LogP contribution in [0.3, 0.4) is 0 Å². The van der Waals surface area contributed by atoms with Gasteiger partial charge >= 0.3 is 5.97 Å². The Morgan fingerprint density at radius 1 is 1.50 bits per heavy atom. The standard InChI is InChI=1S/C17H19N3O4/c1-4-19-10-9-18-16(19)7-8-17(21)24-13(3)14-6-5-12(2)15(11-14)20(22)23/h5-11,13H,4H2,1-3H3/b8-7+. The largest absolute Gasteiger partial charge is 0.455 e. The Morgan fingerprint density at radius 3 is 2.92 bits per heavy atom. The highest BCUT2D eigenvalue weighted by molar-refractivity contribution is 5.86. The number of rotatable bonds is 6. The second kappa shape index (κ2) is 7.54. The molecule has 0 spiro atoms. The maximum absolute atomic E-state index is 11.9. The van der Waals surface area contributed by atoms with E-state index in [0.717, 1.165) is 6.54 Å². The van der Waals surface area contributed by atoms with Crippen molar-refractivity contribution in [3.63, 3.8) is 0 Å². The first kappa shape index (κ1) is 17.4. The Labute approximate surface area is 139 Å². The number of carbonyl (C=O) groups is 1. The van der Waals surface area contributed by atoms with Gasteiger partial charge in [-0.25, -0.2) is 9.78 Å². The van der Waals surface area contributed by atoms with E-state index < -0.39 is 17.0 Å². The van der Waals surface area contributed by atoms with E-state index in [1.165, 1.54) is 12.1 Å². The zero-order chi connectivity index (χ0) is 17.7. The highest BCUT2D eigenvalue weighted by Gasteiger charge is 2.16. The molecule has 0 radical (unpaired) electrons. The molecule has 0 saturated carbocycles. The average Bonchev–Trinajstić information content (AvgIpc) is 3.00. The molecule has 0 amide bonds. The fourth-order valence-corrected chi connectivity index (χ4v) is 2.25. The van der Waals surface area contributed by atoms with Gasteiger partial charge in [0.1, 0.15) is 11.9 Å². The van der Waals surface area contributed by atoms with Crippen molar-refractivity contribution in [1.82, 2.24) is 9.55 Å². The van der Waals surface area contributed by atoms with E-state index in [9.17, 15) is 14.9 Å². The fraction of sp³-hybridized carbons (Fsp3) is 0.294. The van der Waals surface area contributed by atoms with E-state index in [1.54, 1.807) is 38.3 Å². The molecule has 2 rings (SSSR count). The number of ether oxygens (including phenoxy) is 1. The van der Waals surface area contributed by atoms with E-state index >= 15 is 0 Å². The summed E-state index contributed by atoms with van der Waals surface area (Å²) in [6.07, 6.45) is 5.76. The number of nitro groups is 1. The summed E-state index contributed by atoms with van der Waals surface area (Å²) in [6.45, 7) is 6.06. The van der Waals surface area contributed by atoms with Gasteiger partial charge in [-0.3, -0.25) is 10.1 Å². The Bertz CT molecular complexity index is 780. The predicted octanol–water partition coefficient (Wildman–Crippen LogP) is 3.44. The first-order valence-corrected chi connectivity index (χ1v) is 7.57. The van der Waals surface area contributed by atoms with Crippen molar-refractivity contribution in [3.8, 4) is 0 Å². The second-order valence-electron chi connectivity index (χ2n) is 5.29. The number of imidazole rings is 1. The molecular formula is C17H19N3O4. The van der Waals surface area contributed by atoms with Crippen molar-refractivity contribution in [2.45, 2.75) is 33.4 Å². The van der Waals surface area contributed by atoms with Crippen molar-refractivity contribution in [2.24, 2.45) is 0 Å². The first-order chi connectivity index (χ1) is 11.4. The Hall–Kier alpha value is -2.96. The molecule has 24 heavy (non-hydrogen) atoms. The second-order valence-corrected chi connectivity index (χ2v) is 5.29. The zero-order valence-electron chi connectivity index (χ0n) is 13.8. The molecule has 1 aromatic heterocycles. The fourth-order valence-electron chi connectivity index (χ4n) is 2.25. The van der Waals surface area contributed by atoms with Gasteiger partial charge in [0.15, 0.2) is 0 Å².